The number of rotatable bonds is 8. The van der Waals surface area contributed by atoms with Crippen LogP contribution >= 0.6 is 35.0 Å². The average molecular weight is 533 g/mol. The minimum Gasteiger partial charge on any atom is -0.488 e. The first-order chi connectivity index (χ1) is 17.6. The fourth-order valence-electron chi connectivity index (χ4n) is 3.67. The van der Waals surface area contributed by atoms with Gasteiger partial charge in [0.2, 0.25) is 5.16 Å². The molecule has 0 unspecified atom stereocenters. The Labute approximate surface area is 223 Å². The van der Waals surface area contributed by atoms with Crippen molar-refractivity contribution in [2.75, 3.05) is 0 Å². The van der Waals surface area contributed by atoms with E-state index >= 15 is 0 Å². The molecule has 1 aromatic heterocycles. The predicted octanol–water partition coefficient (Wildman–Crippen LogP) is 7.80. The summed E-state index contributed by atoms with van der Waals surface area (Å²) in [5.74, 6) is 1.48. The molecule has 0 aliphatic heterocycles. The molecule has 4 aromatic carbocycles. The molecular formula is C28H22Cl2N4OS. The molecule has 5 aromatic rings. The van der Waals surface area contributed by atoms with Gasteiger partial charge in [-0.2, -0.15) is 9.78 Å². The van der Waals surface area contributed by atoms with Crippen LogP contribution in [0.5, 0.6) is 5.75 Å². The quantitative estimate of drug-likeness (QED) is 0.151. The number of hydrogen-bond donors (Lipinski definition) is 0. The minimum atomic E-state index is 0.305. The molecule has 0 saturated carbocycles. The van der Waals surface area contributed by atoms with Gasteiger partial charge >= 0.3 is 0 Å². The van der Waals surface area contributed by atoms with Crippen LogP contribution in [0.4, 0.5) is 0 Å². The first-order valence-electron chi connectivity index (χ1n) is 11.3. The van der Waals surface area contributed by atoms with E-state index in [-0.39, 0.29) is 0 Å². The standard InChI is InChI=1S/C28H22Cl2N4OS/c1-19-6-8-20(9-7-19)17-36-28-33-31-18-34(28)32-15-25-24-5-3-2-4-21(24)11-13-27(25)35-16-22-10-12-23(29)14-26(22)30/h2-15,18H,16-17H2,1H3/b32-15+. The smallest absolute Gasteiger partial charge is 0.212 e. The van der Waals surface area contributed by atoms with Gasteiger partial charge in [0.05, 0.1) is 6.21 Å². The fourth-order valence-corrected chi connectivity index (χ4v) is 4.96. The van der Waals surface area contributed by atoms with Gasteiger partial charge in [0.1, 0.15) is 18.7 Å². The first kappa shape index (κ1) is 24.4. The number of aromatic nitrogens is 3. The molecule has 0 aliphatic carbocycles. The van der Waals surface area contributed by atoms with E-state index < -0.39 is 0 Å². The van der Waals surface area contributed by atoms with Crippen LogP contribution in [0, 0.1) is 6.92 Å². The van der Waals surface area contributed by atoms with Gasteiger partial charge in [-0.05, 0) is 41.5 Å². The van der Waals surface area contributed by atoms with Gasteiger partial charge in [-0.15, -0.1) is 10.2 Å². The third kappa shape index (κ3) is 5.73. The van der Waals surface area contributed by atoms with Crippen LogP contribution in [-0.4, -0.2) is 21.1 Å². The zero-order valence-corrected chi connectivity index (χ0v) is 21.8. The van der Waals surface area contributed by atoms with Crippen molar-refractivity contribution >= 4 is 52.0 Å². The summed E-state index contributed by atoms with van der Waals surface area (Å²) in [6.45, 7) is 2.39. The minimum absolute atomic E-state index is 0.305. The molecule has 8 heteroatoms. The summed E-state index contributed by atoms with van der Waals surface area (Å²) >= 11 is 14.0. The van der Waals surface area contributed by atoms with E-state index in [1.807, 2.05) is 30.3 Å². The molecular weight excluding hydrogens is 511 g/mol. The largest absolute Gasteiger partial charge is 0.488 e. The lowest BCUT2D eigenvalue weighted by molar-refractivity contribution is 0.306. The van der Waals surface area contributed by atoms with Gasteiger partial charge < -0.3 is 4.74 Å². The Balaban J connectivity index is 1.40. The lowest BCUT2D eigenvalue weighted by Gasteiger charge is -2.13. The zero-order valence-electron chi connectivity index (χ0n) is 19.4. The van der Waals surface area contributed by atoms with E-state index in [1.54, 1.807) is 41.1 Å². The van der Waals surface area contributed by atoms with E-state index in [1.165, 1.54) is 11.1 Å². The molecule has 0 N–H and O–H groups in total. The van der Waals surface area contributed by atoms with Crippen LogP contribution in [0.2, 0.25) is 10.0 Å². The highest BCUT2D eigenvalue weighted by Crippen LogP contribution is 2.29. The van der Waals surface area contributed by atoms with E-state index in [0.717, 1.165) is 27.7 Å². The molecule has 0 radical (unpaired) electrons. The number of fused-ring (bicyclic) bond motifs is 1. The molecule has 0 fully saturated rings. The molecule has 0 aliphatic rings. The summed E-state index contributed by atoms with van der Waals surface area (Å²) in [5, 5.41) is 17.0. The van der Waals surface area contributed by atoms with Crippen molar-refractivity contribution in [1.82, 2.24) is 14.9 Å². The Morgan fingerprint density at radius 3 is 2.67 bits per heavy atom. The van der Waals surface area contributed by atoms with E-state index in [2.05, 4.69) is 58.6 Å². The van der Waals surface area contributed by atoms with Gasteiger partial charge in [0.25, 0.3) is 0 Å². The third-order valence-electron chi connectivity index (χ3n) is 5.63. The summed E-state index contributed by atoms with van der Waals surface area (Å²) < 4.78 is 7.88. The van der Waals surface area contributed by atoms with E-state index in [0.29, 0.717) is 27.6 Å². The molecule has 1 heterocycles. The molecule has 180 valence electrons. The van der Waals surface area contributed by atoms with Gasteiger partial charge in [-0.3, -0.25) is 0 Å². The molecule has 5 nitrogen and oxygen atoms in total. The maximum atomic E-state index is 6.35. The fraction of sp³-hybridized carbons (Fsp3) is 0.107. The van der Waals surface area contributed by atoms with Crippen LogP contribution in [-0.2, 0) is 12.4 Å². The maximum Gasteiger partial charge on any atom is 0.212 e. The number of hydrogen-bond acceptors (Lipinski definition) is 5. The Kier molecular flexibility index (Phi) is 7.56. The molecule has 0 bridgehead atoms. The summed E-state index contributed by atoms with van der Waals surface area (Å²) in [4.78, 5) is 0. The van der Waals surface area contributed by atoms with Crippen molar-refractivity contribution in [3.05, 3.63) is 117 Å². The van der Waals surface area contributed by atoms with Crippen LogP contribution in [0.15, 0.2) is 95.4 Å². The van der Waals surface area contributed by atoms with Crippen LogP contribution in [0.25, 0.3) is 10.8 Å². The number of ether oxygens (including phenoxy) is 1. The summed E-state index contributed by atoms with van der Waals surface area (Å²) in [6.07, 6.45) is 3.40. The second kappa shape index (κ2) is 11.2. The number of aryl methyl sites for hydroxylation is 1. The molecule has 36 heavy (non-hydrogen) atoms. The highest BCUT2D eigenvalue weighted by atomic mass is 35.5. The van der Waals surface area contributed by atoms with Gasteiger partial charge in [-0.25, -0.2) is 0 Å². The third-order valence-corrected chi connectivity index (χ3v) is 7.22. The summed E-state index contributed by atoms with van der Waals surface area (Å²) in [6, 6.07) is 26.0. The summed E-state index contributed by atoms with van der Waals surface area (Å²) in [5.41, 5.74) is 4.17. The van der Waals surface area contributed by atoms with E-state index in [4.69, 9.17) is 27.9 Å². The van der Waals surface area contributed by atoms with Crippen molar-refractivity contribution < 1.29 is 4.74 Å². The van der Waals surface area contributed by atoms with Crippen LogP contribution in [0.1, 0.15) is 22.3 Å². The number of nitrogens with zero attached hydrogens (tertiary/aromatic N) is 4. The normalized spacial score (nSPS) is 11.4. The van der Waals surface area contributed by atoms with Gasteiger partial charge in [0.15, 0.2) is 0 Å². The molecule has 5 rings (SSSR count). The Morgan fingerprint density at radius 1 is 1.00 bits per heavy atom. The van der Waals surface area contributed by atoms with E-state index in [9.17, 15) is 0 Å². The van der Waals surface area contributed by atoms with Crippen molar-refractivity contribution in [3.8, 4) is 5.75 Å². The molecule has 0 saturated heterocycles. The summed E-state index contributed by atoms with van der Waals surface area (Å²) in [7, 11) is 0. The Hall–Kier alpha value is -3.32. The maximum absolute atomic E-state index is 6.35. The molecule has 0 amide bonds. The van der Waals surface area contributed by atoms with Crippen molar-refractivity contribution in [2.45, 2.75) is 24.4 Å². The van der Waals surface area contributed by atoms with Gasteiger partial charge in [-0.1, -0.05) is 101 Å². The number of halogens is 2. The Morgan fingerprint density at radius 2 is 1.83 bits per heavy atom. The predicted molar refractivity (Wildman–Crippen MR) is 148 cm³/mol. The number of benzene rings is 4. The lowest BCUT2D eigenvalue weighted by Crippen LogP contribution is -2.01. The first-order valence-corrected chi connectivity index (χ1v) is 13.0. The number of thioether (sulfide) groups is 1. The highest BCUT2D eigenvalue weighted by Gasteiger charge is 2.11. The SMILES string of the molecule is Cc1ccc(CSc2nncn2/N=C/c2c(OCc3ccc(Cl)cc3Cl)ccc3ccccc23)cc1. The molecule has 0 spiro atoms. The average Bonchev–Trinajstić information content (AvgIpc) is 3.34. The second-order valence-electron chi connectivity index (χ2n) is 8.20. The van der Waals surface area contributed by atoms with Gasteiger partial charge in [0, 0.05) is 26.9 Å². The van der Waals surface area contributed by atoms with Crippen LogP contribution < -0.4 is 4.74 Å². The Bertz CT molecular complexity index is 1530. The molecule has 0 atom stereocenters. The monoisotopic (exact) mass is 532 g/mol. The topological polar surface area (TPSA) is 52.3 Å². The van der Waals surface area contributed by atoms with Crippen molar-refractivity contribution in [2.24, 2.45) is 5.10 Å². The van der Waals surface area contributed by atoms with Crippen LogP contribution in [0.3, 0.4) is 0 Å². The highest BCUT2D eigenvalue weighted by molar-refractivity contribution is 7.98. The lowest BCUT2D eigenvalue weighted by atomic mass is 10.0. The van der Waals surface area contributed by atoms with Crippen molar-refractivity contribution in [3.63, 3.8) is 0 Å². The zero-order chi connectivity index (χ0) is 24.9. The van der Waals surface area contributed by atoms with Crippen molar-refractivity contribution in [1.29, 1.82) is 0 Å². The second-order valence-corrected chi connectivity index (χ2v) is 9.99.